The van der Waals surface area contributed by atoms with Gasteiger partial charge in [-0.3, -0.25) is 19.2 Å². The molecule has 5 amide bonds. The zero-order chi connectivity index (χ0) is 41.6. The van der Waals surface area contributed by atoms with Gasteiger partial charge < -0.3 is 41.9 Å². The fourth-order valence-corrected chi connectivity index (χ4v) is 6.71. The van der Waals surface area contributed by atoms with Crippen LogP contribution in [0.4, 0.5) is 4.79 Å². The standard InChI is InChI=1S/C39H54N8O10/c40-47-43-21-6-1-2-11-33(48)42-24-25-12-16-28(17-13-25)35(51)44-32(23-26-14-15-27-8-3-4-9-29(27)22-26)36(52)41-20-7-5-10-30(37(53)54)45-39(57)46-31(38(55)56)18-19-34(49)50/h3-4,8-9,14-15,22,25,28,30-32H,1-2,5-7,10-13,16-21,23-24H2,(H,41,52)(H,42,48)(H,44,51)(H,49,50)(H,53,54)(H,55,56)(H2,45,46,57)/t25?,28?,30-,31-,32-/m0/s1. The van der Waals surface area contributed by atoms with Crippen molar-refractivity contribution in [1.82, 2.24) is 26.6 Å². The summed E-state index contributed by atoms with van der Waals surface area (Å²) in [7, 11) is 0. The van der Waals surface area contributed by atoms with Crippen LogP contribution in [0.3, 0.4) is 0 Å². The molecular weight excluding hydrogens is 740 g/mol. The van der Waals surface area contributed by atoms with Gasteiger partial charge in [0.05, 0.1) is 0 Å². The molecule has 1 fully saturated rings. The van der Waals surface area contributed by atoms with Crippen molar-refractivity contribution >= 4 is 52.4 Å². The summed E-state index contributed by atoms with van der Waals surface area (Å²) in [6.45, 7) is 1.12. The van der Waals surface area contributed by atoms with Crippen molar-refractivity contribution in [3.63, 3.8) is 0 Å². The van der Waals surface area contributed by atoms with E-state index in [9.17, 15) is 43.8 Å². The Kier molecular flexibility index (Phi) is 19.6. The minimum atomic E-state index is -1.52. The molecule has 1 aliphatic rings. The number of hydrogen-bond acceptors (Lipinski definition) is 8. The largest absolute Gasteiger partial charge is 0.481 e. The quantitative estimate of drug-likeness (QED) is 0.0309. The molecule has 3 atom stereocenters. The number of carboxylic acid groups (broad SMARTS) is 3. The van der Waals surface area contributed by atoms with E-state index >= 15 is 0 Å². The molecule has 310 valence electrons. The minimum absolute atomic E-state index is 0.0237. The average molecular weight is 795 g/mol. The Labute approximate surface area is 330 Å². The number of carbonyl (C=O) groups is 7. The van der Waals surface area contributed by atoms with Crippen molar-refractivity contribution in [2.24, 2.45) is 17.0 Å². The first kappa shape index (κ1) is 45.5. The highest BCUT2D eigenvalue weighted by Crippen LogP contribution is 2.29. The monoisotopic (exact) mass is 794 g/mol. The molecule has 0 unspecified atom stereocenters. The molecule has 2 aromatic carbocycles. The molecule has 18 nitrogen and oxygen atoms in total. The molecule has 18 heteroatoms. The van der Waals surface area contributed by atoms with Crippen molar-refractivity contribution in [2.45, 2.75) is 108 Å². The number of azide groups is 1. The summed E-state index contributed by atoms with van der Waals surface area (Å²) in [5, 5.41) is 46.3. The number of nitrogens with zero attached hydrogens (tertiary/aromatic N) is 3. The smallest absolute Gasteiger partial charge is 0.326 e. The Morgan fingerprint density at radius 3 is 2.09 bits per heavy atom. The van der Waals surface area contributed by atoms with E-state index in [1.807, 2.05) is 42.5 Å². The zero-order valence-corrected chi connectivity index (χ0v) is 32.0. The first-order valence-corrected chi connectivity index (χ1v) is 19.4. The molecule has 0 radical (unpaired) electrons. The van der Waals surface area contributed by atoms with E-state index < -0.39 is 54.4 Å². The van der Waals surface area contributed by atoms with Gasteiger partial charge in [0, 0.05) is 49.7 Å². The second kappa shape index (κ2) is 24.6. The maximum atomic E-state index is 13.5. The number of rotatable bonds is 25. The van der Waals surface area contributed by atoms with E-state index in [0.717, 1.165) is 42.0 Å². The number of aliphatic carboxylic acids is 3. The maximum absolute atomic E-state index is 13.5. The second-order valence-corrected chi connectivity index (χ2v) is 14.4. The van der Waals surface area contributed by atoms with Crippen molar-refractivity contribution in [3.05, 3.63) is 58.5 Å². The highest BCUT2D eigenvalue weighted by molar-refractivity contribution is 5.89. The summed E-state index contributed by atoms with van der Waals surface area (Å²) >= 11 is 0. The Morgan fingerprint density at radius 1 is 0.737 bits per heavy atom. The molecule has 0 spiro atoms. The molecule has 0 aromatic heterocycles. The highest BCUT2D eigenvalue weighted by atomic mass is 16.4. The molecule has 0 saturated heterocycles. The molecule has 0 aliphatic heterocycles. The maximum Gasteiger partial charge on any atom is 0.326 e. The Morgan fingerprint density at radius 2 is 1.42 bits per heavy atom. The molecule has 1 aliphatic carbocycles. The number of nitrogens with one attached hydrogen (secondary N) is 5. The van der Waals surface area contributed by atoms with Gasteiger partial charge in [0.25, 0.3) is 0 Å². The van der Waals surface area contributed by atoms with E-state index in [0.29, 0.717) is 45.2 Å². The van der Waals surface area contributed by atoms with Gasteiger partial charge in [-0.25, -0.2) is 14.4 Å². The van der Waals surface area contributed by atoms with Gasteiger partial charge in [0.2, 0.25) is 17.7 Å². The van der Waals surface area contributed by atoms with Gasteiger partial charge in [0.15, 0.2) is 0 Å². The fourth-order valence-electron chi connectivity index (χ4n) is 6.71. The molecule has 2 aromatic rings. The molecule has 57 heavy (non-hydrogen) atoms. The third kappa shape index (κ3) is 17.2. The van der Waals surface area contributed by atoms with Gasteiger partial charge in [-0.2, -0.15) is 0 Å². The van der Waals surface area contributed by atoms with E-state index in [4.69, 9.17) is 10.6 Å². The number of urea groups is 1. The lowest BCUT2D eigenvalue weighted by atomic mass is 9.81. The molecule has 0 heterocycles. The van der Waals surface area contributed by atoms with E-state index in [2.05, 4.69) is 36.6 Å². The van der Waals surface area contributed by atoms with Crippen molar-refractivity contribution in [3.8, 4) is 0 Å². The van der Waals surface area contributed by atoms with Gasteiger partial charge in [0.1, 0.15) is 18.1 Å². The number of carboxylic acids is 3. The lowest BCUT2D eigenvalue weighted by Crippen LogP contribution is -2.51. The first-order chi connectivity index (χ1) is 27.4. The van der Waals surface area contributed by atoms with Crippen LogP contribution in [-0.4, -0.2) is 94.7 Å². The van der Waals surface area contributed by atoms with Crippen LogP contribution in [0.1, 0.15) is 89.0 Å². The average Bonchev–Trinajstić information content (AvgIpc) is 3.18. The normalized spacial score (nSPS) is 16.5. The Bertz CT molecular complexity index is 1740. The number of hydrogen-bond donors (Lipinski definition) is 8. The summed E-state index contributed by atoms with van der Waals surface area (Å²) in [5.41, 5.74) is 9.19. The molecule has 0 bridgehead atoms. The van der Waals surface area contributed by atoms with E-state index in [1.165, 1.54) is 0 Å². The topological polar surface area (TPSA) is 289 Å². The molecular formula is C39H54N8O10. The third-order valence-electron chi connectivity index (χ3n) is 9.99. The van der Waals surface area contributed by atoms with Gasteiger partial charge in [-0.05, 0) is 92.0 Å². The van der Waals surface area contributed by atoms with Crippen molar-refractivity contribution in [2.75, 3.05) is 19.6 Å². The van der Waals surface area contributed by atoms with Crippen LogP contribution in [0.2, 0.25) is 0 Å². The predicted molar refractivity (Wildman–Crippen MR) is 209 cm³/mol. The van der Waals surface area contributed by atoms with E-state index in [1.54, 1.807) is 0 Å². The van der Waals surface area contributed by atoms with Crippen molar-refractivity contribution < 1.29 is 48.9 Å². The molecule has 1 saturated carbocycles. The number of amides is 5. The summed E-state index contributed by atoms with van der Waals surface area (Å²) in [5.74, 6) is -4.75. The highest BCUT2D eigenvalue weighted by Gasteiger charge is 2.30. The Balaban J connectivity index is 1.50. The second-order valence-electron chi connectivity index (χ2n) is 14.4. The van der Waals surface area contributed by atoms with Crippen LogP contribution in [0.15, 0.2) is 47.6 Å². The number of benzene rings is 2. The van der Waals surface area contributed by atoms with Gasteiger partial charge in [-0.15, -0.1) is 0 Å². The van der Waals surface area contributed by atoms with Crippen molar-refractivity contribution in [1.29, 1.82) is 0 Å². The summed E-state index contributed by atoms with van der Waals surface area (Å²) in [6.07, 6.45) is 5.33. The molecule has 3 rings (SSSR count). The molecule has 8 N–H and O–H groups in total. The number of carbonyl (C=O) groups excluding carboxylic acids is 4. The van der Waals surface area contributed by atoms with E-state index in [-0.39, 0.29) is 55.9 Å². The van der Waals surface area contributed by atoms with Crippen LogP contribution >= 0.6 is 0 Å². The van der Waals surface area contributed by atoms with Gasteiger partial charge >= 0.3 is 23.9 Å². The lowest BCUT2D eigenvalue weighted by molar-refractivity contribution is -0.141. The van der Waals surface area contributed by atoms with Crippen LogP contribution in [0.5, 0.6) is 0 Å². The summed E-state index contributed by atoms with van der Waals surface area (Å²) in [4.78, 5) is 88.4. The predicted octanol–water partition coefficient (Wildman–Crippen LogP) is 4.02. The summed E-state index contributed by atoms with van der Waals surface area (Å²) < 4.78 is 0. The number of unbranched alkanes of at least 4 members (excludes halogenated alkanes) is 3. The zero-order valence-electron chi connectivity index (χ0n) is 32.0. The van der Waals surface area contributed by atoms with Crippen LogP contribution in [0, 0.1) is 11.8 Å². The van der Waals surface area contributed by atoms with Crippen LogP contribution < -0.4 is 26.6 Å². The Hall–Kier alpha value is -5.90. The first-order valence-electron chi connectivity index (χ1n) is 19.4. The number of fused-ring (bicyclic) bond motifs is 1. The van der Waals surface area contributed by atoms with Crippen LogP contribution in [0.25, 0.3) is 21.2 Å². The fraction of sp³-hybridized carbons (Fsp3) is 0.564. The van der Waals surface area contributed by atoms with Gasteiger partial charge in [-0.1, -0.05) is 54.0 Å². The summed E-state index contributed by atoms with van der Waals surface area (Å²) in [6, 6.07) is 8.81. The minimum Gasteiger partial charge on any atom is -0.481 e. The SMILES string of the molecule is [N-]=[N+]=NCCCCCC(=O)NCC1CCC(C(=O)N[C@@H](Cc2ccc3ccccc3c2)C(=O)NCCCC[C@H](NC(=O)N[C@@H](CCC(=O)O)C(=O)O)C(=O)O)CC1. The third-order valence-corrected chi connectivity index (χ3v) is 9.99. The van der Waals surface area contributed by atoms with Crippen LogP contribution in [-0.2, 0) is 35.2 Å². The lowest BCUT2D eigenvalue weighted by Gasteiger charge is -2.29.